The van der Waals surface area contributed by atoms with Crippen molar-refractivity contribution in [3.05, 3.63) is 23.7 Å². The molecule has 0 radical (unpaired) electrons. The van der Waals surface area contributed by atoms with Crippen molar-refractivity contribution in [2.75, 3.05) is 0 Å². The van der Waals surface area contributed by atoms with Gasteiger partial charge in [0.25, 0.3) is 0 Å². The highest BCUT2D eigenvalue weighted by molar-refractivity contribution is 5.13. The molecule has 2 atom stereocenters. The molecule has 86 valence electrons. The van der Waals surface area contributed by atoms with Crippen LogP contribution in [-0.2, 0) is 0 Å². The maximum atomic E-state index is 5.80. The van der Waals surface area contributed by atoms with Gasteiger partial charge in [0, 0.05) is 5.92 Å². The summed E-state index contributed by atoms with van der Waals surface area (Å²) in [5.41, 5.74) is 0.264. The topological polar surface area (TPSA) is 13.1 Å². The molecule has 0 saturated heterocycles. The summed E-state index contributed by atoms with van der Waals surface area (Å²) in [6.45, 7) is 13.5. The van der Waals surface area contributed by atoms with Gasteiger partial charge in [-0.3, -0.25) is 0 Å². The predicted molar refractivity (Wildman–Crippen MR) is 65.1 cm³/mol. The molecular formula is C14H24O. The number of hydrogen-bond donors (Lipinski definition) is 0. The second kappa shape index (κ2) is 4.42. The summed E-state index contributed by atoms with van der Waals surface area (Å²) in [6, 6.07) is 4.20. The van der Waals surface area contributed by atoms with Gasteiger partial charge < -0.3 is 4.42 Å². The first-order valence-corrected chi connectivity index (χ1v) is 5.92. The van der Waals surface area contributed by atoms with Crippen LogP contribution in [0.25, 0.3) is 0 Å². The average molecular weight is 208 g/mol. The summed E-state index contributed by atoms with van der Waals surface area (Å²) in [5, 5.41) is 0. The second-order valence-electron chi connectivity index (χ2n) is 5.68. The number of rotatable bonds is 3. The lowest BCUT2D eigenvalue weighted by Gasteiger charge is -2.33. The highest BCUT2D eigenvalue weighted by Gasteiger charge is 2.32. The molecule has 1 aromatic rings. The van der Waals surface area contributed by atoms with Gasteiger partial charge in [0.1, 0.15) is 11.5 Å². The molecule has 1 rings (SSSR count). The third-order valence-corrected chi connectivity index (χ3v) is 3.21. The van der Waals surface area contributed by atoms with E-state index in [9.17, 15) is 0 Å². The van der Waals surface area contributed by atoms with E-state index in [0.717, 1.165) is 11.5 Å². The van der Waals surface area contributed by atoms with Gasteiger partial charge >= 0.3 is 0 Å². The lowest BCUT2D eigenvalue weighted by Crippen LogP contribution is -2.24. The minimum absolute atomic E-state index is 0.264. The van der Waals surface area contributed by atoms with E-state index >= 15 is 0 Å². The zero-order chi connectivity index (χ0) is 11.6. The van der Waals surface area contributed by atoms with Gasteiger partial charge in [0.05, 0.1) is 0 Å². The smallest absolute Gasteiger partial charge is 0.108 e. The molecule has 0 saturated carbocycles. The Hall–Kier alpha value is -0.720. The molecule has 0 N–H and O–H groups in total. The first-order chi connectivity index (χ1) is 6.86. The van der Waals surface area contributed by atoms with Crippen LogP contribution in [0.3, 0.4) is 0 Å². The van der Waals surface area contributed by atoms with Crippen LogP contribution in [0.2, 0.25) is 0 Å². The summed E-state index contributed by atoms with van der Waals surface area (Å²) in [6.07, 6.45) is 1.20. The maximum Gasteiger partial charge on any atom is 0.108 e. The molecule has 0 aliphatic carbocycles. The van der Waals surface area contributed by atoms with E-state index in [1.165, 1.54) is 6.42 Å². The first-order valence-electron chi connectivity index (χ1n) is 5.92. The van der Waals surface area contributed by atoms with Crippen LogP contribution in [0.15, 0.2) is 16.5 Å². The minimum atomic E-state index is 0.264. The van der Waals surface area contributed by atoms with E-state index < -0.39 is 0 Å². The highest BCUT2D eigenvalue weighted by atomic mass is 16.3. The van der Waals surface area contributed by atoms with Crippen molar-refractivity contribution < 1.29 is 4.42 Å². The fourth-order valence-electron chi connectivity index (χ4n) is 2.42. The monoisotopic (exact) mass is 208 g/mol. The van der Waals surface area contributed by atoms with E-state index in [0.29, 0.717) is 11.8 Å². The quantitative estimate of drug-likeness (QED) is 0.697. The largest absolute Gasteiger partial charge is 0.466 e. The van der Waals surface area contributed by atoms with Gasteiger partial charge in [-0.15, -0.1) is 0 Å². The van der Waals surface area contributed by atoms with Gasteiger partial charge in [0.2, 0.25) is 0 Å². The third-order valence-electron chi connectivity index (χ3n) is 3.21. The minimum Gasteiger partial charge on any atom is -0.466 e. The Balaban J connectivity index is 3.01. The van der Waals surface area contributed by atoms with Crippen molar-refractivity contribution >= 4 is 0 Å². The van der Waals surface area contributed by atoms with Crippen molar-refractivity contribution in [3.8, 4) is 0 Å². The molecule has 0 fully saturated rings. The lowest BCUT2D eigenvalue weighted by atomic mass is 9.71. The molecule has 1 unspecified atom stereocenters. The number of aryl methyl sites for hydroxylation is 1. The number of hydrogen-bond acceptors (Lipinski definition) is 1. The summed E-state index contributed by atoms with van der Waals surface area (Å²) < 4.78 is 5.80. The Morgan fingerprint density at radius 1 is 1.27 bits per heavy atom. The van der Waals surface area contributed by atoms with Crippen LogP contribution in [0.1, 0.15) is 58.5 Å². The summed E-state index contributed by atoms with van der Waals surface area (Å²) in [7, 11) is 0. The number of furan rings is 1. The van der Waals surface area contributed by atoms with Crippen LogP contribution in [0.5, 0.6) is 0 Å². The van der Waals surface area contributed by atoms with Gasteiger partial charge in [-0.2, -0.15) is 0 Å². The zero-order valence-corrected chi connectivity index (χ0v) is 10.9. The molecule has 1 nitrogen and oxygen atoms in total. The third kappa shape index (κ3) is 2.87. The van der Waals surface area contributed by atoms with E-state index in [4.69, 9.17) is 4.42 Å². The SMILES string of the molecule is CCC(C)[C@@H](c1ccc(C)o1)C(C)(C)C. The van der Waals surface area contributed by atoms with Crippen LogP contribution >= 0.6 is 0 Å². The van der Waals surface area contributed by atoms with Gasteiger partial charge in [-0.25, -0.2) is 0 Å². The van der Waals surface area contributed by atoms with Crippen LogP contribution in [0.4, 0.5) is 0 Å². The Morgan fingerprint density at radius 2 is 1.87 bits per heavy atom. The average Bonchev–Trinajstić information content (AvgIpc) is 2.49. The Kier molecular flexibility index (Phi) is 3.64. The molecule has 1 heteroatoms. The van der Waals surface area contributed by atoms with Crippen molar-refractivity contribution in [2.24, 2.45) is 11.3 Å². The van der Waals surface area contributed by atoms with Crippen molar-refractivity contribution in [2.45, 2.75) is 53.9 Å². The summed E-state index contributed by atoms with van der Waals surface area (Å²) in [4.78, 5) is 0. The summed E-state index contributed by atoms with van der Waals surface area (Å²) in [5.74, 6) is 3.34. The molecule has 0 aliphatic heterocycles. The predicted octanol–water partition coefficient (Wildman–Crippen LogP) is 4.76. The Bertz CT molecular complexity index is 303. The molecule has 1 aromatic heterocycles. The molecule has 0 aromatic carbocycles. The van der Waals surface area contributed by atoms with Crippen molar-refractivity contribution in [1.82, 2.24) is 0 Å². The Morgan fingerprint density at radius 3 is 2.20 bits per heavy atom. The van der Waals surface area contributed by atoms with Gasteiger partial charge in [0.15, 0.2) is 0 Å². The molecule has 0 spiro atoms. The summed E-state index contributed by atoms with van der Waals surface area (Å²) >= 11 is 0. The second-order valence-corrected chi connectivity index (χ2v) is 5.68. The standard InChI is InChI=1S/C14H24O/c1-7-10(2)13(14(4,5)6)12-9-8-11(3)15-12/h8-10,13H,7H2,1-6H3/t10?,13-/m0/s1. The van der Waals surface area contributed by atoms with E-state index in [-0.39, 0.29) is 5.41 Å². The zero-order valence-electron chi connectivity index (χ0n) is 10.9. The van der Waals surface area contributed by atoms with E-state index in [1.807, 2.05) is 6.92 Å². The normalized spacial score (nSPS) is 16.4. The molecule has 1 heterocycles. The molecule has 15 heavy (non-hydrogen) atoms. The lowest BCUT2D eigenvalue weighted by molar-refractivity contribution is 0.209. The molecule has 0 amide bonds. The molecule has 0 aliphatic rings. The van der Waals surface area contributed by atoms with Crippen LogP contribution in [-0.4, -0.2) is 0 Å². The molecular weight excluding hydrogens is 184 g/mol. The fraction of sp³-hybridized carbons (Fsp3) is 0.714. The van der Waals surface area contributed by atoms with Crippen LogP contribution in [0, 0.1) is 18.3 Å². The van der Waals surface area contributed by atoms with E-state index in [2.05, 4.69) is 46.8 Å². The maximum absolute atomic E-state index is 5.80. The first kappa shape index (κ1) is 12.4. The molecule has 0 bridgehead atoms. The fourth-order valence-corrected chi connectivity index (χ4v) is 2.42. The Labute approximate surface area is 93.9 Å². The van der Waals surface area contributed by atoms with Gasteiger partial charge in [-0.1, -0.05) is 41.0 Å². The van der Waals surface area contributed by atoms with Gasteiger partial charge in [-0.05, 0) is 30.4 Å². The highest BCUT2D eigenvalue weighted by Crippen LogP contribution is 2.42. The van der Waals surface area contributed by atoms with Crippen LogP contribution < -0.4 is 0 Å². The van der Waals surface area contributed by atoms with E-state index in [1.54, 1.807) is 0 Å². The van der Waals surface area contributed by atoms with Crippen molar-refractivity contribution in [3.63, 3.8) is 0 Å². The van der Waals surface area contributed by atoms with Crippen molar-refractivity contribution in [1.29, 1.82) is 0 Å².